The Labute approximate surface area is 146 Å². The second-order valence-electron chi connectivity index (χ2n) is 6.61. The van der Waals surface area contributed by atoms with Crippen LogP contribution >= 0.6 is 24.0 Å². The maximum absolute atomic E-state index is 4.49. The molecule has 4 aliphatic heterocycles. The van der Waals surface area contributed by atoms with Crippen LogP contribution in [0.2, 0.25) is 0 Å². The van der Waals surface area contributed by atoms with Crippen LogP contribution in [0.25, 0.3) is 0 Å². The molecule has 4 saturated heterocycles. The first-order valence-corrected chi connectivity index (χ1v) is 8.18. The average Bonchev–Trinajstić information content (AvgIpc) is 2.49. The van der Waals surface area contributed by atoms with Gasteiger partial charge in [-0.05, 0) is 18.8 Å². The lowest BCUT2D eigenvalue weighted by atomic mass is 10.0. The van der Waals surface area contributed by atoms with Crippen LogP contribution in [-0.2, 0) is 0 Å². The van der Waals surface area contributed by atoms with E-state index in [1.807, 2.05) is 7.05 Å². The van der Waals surface area contributed by atoms with E-state index < -0.39 is 0 Å². The molecule has 0 amide bonds. The number of hydrogen-bond acceptors (Lipinski definition) is 3. The van der Waals surface area contributed by atoms with Gasteiger partial charge >= 0.3 is 0 Å². The Morgan fingerprint density at radius 2 is 1.90 bits per heavy atom. The number of halogens is 1. The molecule has 4 aliphatic rings. The molecule has 5 nitrogen and oxygen atoms in total. The zero-order valence-electron chi connectivity index (χ0n) is 13.4. The molecule has 2 atom stereocenters. The SMILES string of the molecule is CN=C(NCC1CN2CCN1CC2)N1CCCC(C)C1.I. The standard InChI is InChI=1S/C15H29N5.HI/c1-13-4-3-5-20(11-13)15(16-2)17-10-14-12-18-6-8-19(14)9-7-18;/h13-14H,3-12H2,1-2H3,(H,16,17);1H. The summed E-state index contributed by atoms with van der Waals surface area (Å²) in [6, 6.07) is 0.663. The zero-order valence-corrected chi connectivity index (χ0v) is 15.8. The van der Waals surface area contributed by atoms with E-state index in [1.165, 1.54) is 45.6 Å². The lowest BCUT2D eigenvalue weighted by Gasteiger charge is -2.47. The third-order valence-corrected chi connectivity index (χ3v) is 5.06. The lowest BCUT2D eigenvalue weighted by Crippen LogP contribution is -2.64. The summed E-state index contributed by atoms with van der Waals surface area (Å²) in [4.78, 5) is 12.2. The van der Waals surface area contributed by atoms with Gasteiger partial charge in [0.15, 0.2) is 5.96 Å². The van der Waals surface area contributed by atoms with Crippen LogP contribution in [0.5, 0.6) is 0 Å². The molecule has 0 aromatic heterocycles. The van der Waals surface area contributed by atoms with Gasteiger partial charge in [0.25, 0.3) is 0 Å². The van der Waals surface area contributed by atoms with E-state index in [4.69, 9.17) is 0 Å². The highest BCUT2D eigenvalue weighted by molar-refractivity contribution is 14.0. The maximum atomic E-state index is 4.49. The van der Waals surface area contributed by atoms with Crippen molar-refractivity contribution < 1.29 is 0 Å². The molecule has 1 N–H and O–H groups in total. The van der Waals surface area contributed by atoms with Crippen molar-refractivity contribution in [2.45, 2.75) is 25.8 Å². The summed E-state index contributed by atoms with van der Waals surface area (Å²) in [5, 5.41) is 3.62. The molecule has 0 aromatic carbocycles. The number of fused-ring (bicyclic) bond motifs is 3. The summed E-state index contributed by atoms with van der Waals surface area (Å²) in [5.74, 6) is 1.90. The van der Waals surface area contributed by atoms with Crippen LogP contribution in [-0.4, -0.2) is 86.1 Å². The van der Waals surface area contributed by atoms with Crippen LogP contribution in [0.1, 0.15) is 19.8 Å². The van der Waals surface area contributed by atoms with E-state index in [1.54, 1.807) is 0 Å². The smallest absolute Gasteiger partial charge is 0.193 e. The molecule has 0 saturated carbocycles. The van der Waals surface area contributed by atoms with Crippen LogP contribution in [0.4, 0.5) is 0 Å². The van der Waals surface area contributed by atoms with Crippen LogP contribution < -0.4 is 5.32 Å². The van der Waals surface area contributed by atoms with Crippen molar-refractivity contribution in [2.24, 2.45) is 10.9 Å². The average molecular weight is 407 g/mol. The molecule has 21 heavy (non-hydrogen) atoms. The molecular weight excluding hydrogens is 377 g/mol. The number of aliphatic imine (C=N–C) groups is 1. The Balaban J connectivity index is 0.00000161. The molecule has 4 rings (SSSR count). The van der Waals surface area contributed by atoms with Crippen LogP contribution in [0, 0.1) is 5.92 Å². The molecule has 2 bridgehead atoms. The van der Waals surface area contributed by atoms with Crippen molar-refractivity contribution in [3.05, 3.63) is 0 Å². The van der Waals surface area contributed by atoms with Gasteiger partial charge in [0.05, 0.1) is 0 Å². The summed E-state index contributed by atoms with van der Waals surface area (Å²) >= 11 is 0. The van der Waals surface area contributed by atoms with Gasteiger partial charge in [0.2, 0.25) is 0 Å². The topological polar surface area (TPSA) is 34.1 Å². The summed E-state index contributed by atoms with van der Waals surface area (Å²) < 4.78 is 0. The second-order valence-corrected chi connectivity index (χ2v) is 6.61. The zero-order chi connectivity index (χ0) is 13.9. The minimum absolute atomic E-state index is 0. The monoisotopic (exact) mass is 407 g/mol. The summed E-state index contributed by atoms with van der Waals surface area (Å²) in [6.45, 7) is 11.9. The minimum Gasteiger partial charge on any atom is -0.355 e. The number of likely N-dealkylation sites (tertiary alicyclic amines) is 1. The minimum atomic E-state index is 0. The second kappa shape index (κ2) is 7.97. The van der Waals surface area contributed by atoms with Crippen LogP contribution in [0.15, 0.2) is 4.99 Å². The van der Waals surface area contributed by atoms with Gasteiger partial charge in [-0.15, -0.1) is 24.0 Å². The molecular formula is C15H30IN5. The van der Waals surface area contributed by atoms with Crippen molar-refractivity contribution in [2.75, 3.05) is 59.4 Å². The number of hydrogen-bond donors (Lipinski definition) is 1. The fourth-order valence-corrected chi connectivity index (χ4v) is 3.84. The van der Waals surface area contributed by atoms with Crippen LogP contribution in [0.3, 0.4) is 0 Å². The first kappa shape index (κ1) is 17.3. The molecule has 0 spiro atoms. The molecule has 4 fully saturated rings. The highest BCUT2D eigenvalue weighted by atomic mass is 127. The quantitative estimate of drug-likeness (QED) is 0.419. The van der Waals surface area contributed by atoms with Gasteiger partial charge in [-0.1, -0.05) is 6.92 Å². The number of guanidine groups is 1. The number of nitrogens with one attached hydrogen (secondary N) is 1. The number of nitrogens with zero attached hydrogens (tertiary/aromatic N) is 4. The molecule has 2 unspecified atom stereocenters. The van der Waals surface area contributed by atoms with E-state index in [9.17, 15) is 0 Å². The Morgan fingerprint density at radius 3 is 2.48 bits per heavy atom. The highest BCUT2D eigenvalue weighted by Crippen LogP contribution is 2.17. The number of piperidine rings is 1. The Bertz CT molecular complexity index is 354. The third kappa shape index (κ3) is 4.22. The maximum Gasteiger partial charge on any atom is 0.193 e. The van der Waals surface area contributed by atoms with Crippen molar-refractivity contribution in [3.8, 4) is 0 Å². The van der Waals surface area contributed by atoms with Gasteiger partial charge in [-0.2, -0.15) is 0 Å². The van der Waals surface area contributed by atoms with E-state index >= 15 is 0 Å². The van der Waals surface area contributed by atoms with Crippen molar-refractivity contribution in [3.63, 3.8) is 0 Å². The fraction of sp³-hybridized carbons (Fsp3) is 0.933. The first-order valence-electron chi connectivity index (χ1n) is 8.18. The predicted molar refractivity (Wildman–Crippen MR) is 98.5 cm³/mol. The first-order chi connectivity index (χ1) is 9.76. The van der Waals surface area contributed by atoms with E-state index in [0.29, 0.717) is 6.04 Å². The Hall–Kier alpha value is -0.0800. The van der Waals surface area contributed by atoms with Crippen molar-refractivity contribution in [1.82, 2.24) is 20.0 Å². The molecule has 6 heteroatoms. The molecule has 0 radical (unpaired) electrons. The molecule has 122 valence electrons. The fourth-order valence-electron chi connectivity index (χ4n) is 3.84. The summed E-state index contributed by atoms with van der Waals surface area (Å²) in [6.07, 6.45) is 2.66. The van der Waals surface area contributed by atoms with Gasteiger partial charge < -0.3 is 10.2 Å². The highest BCUT2D eigenvalue weighted by Gasteiger charge is 2.32. The molecule has 0 aromatic rings. The van der Waals surface area contributed by atoms with Gasteiger partial charge in [-0.3, -0.25) is 14.8 Å². The van der Waals surface area contributed by atoms with Crippen molar-refractivity contribution in [1.29, 1.82) is 0 Å². The Morgan fingerprint density at radius 1 is 1.14 bits per heavy atom. The van der Waals surface area contributed by atoms with Gasteiger partial charge in [0.1, 0.15) is 0 Å². The number of rotatable bonds is 2. The largest absolute Gasteiger partial charge is 0.355 e. The van der Waals surface area contributed by atoms with Crippen molar-refractivity contribution >= 4 is 29.9 Å². The van der Waals surface area contributed by atoms with Gasteiger partial charge in [-0.25, -0.2) is 0 Å². The Kier molecular flexibility index (Phi) is 6.55. The lowest BCUT2D eigenvalue weighted by molar-refractivity contribution is 0.0151. The summed E-state index contributed by atoms with van der Waals surface area (Å²) in [5.41, 5.74) is 0. The number of piperazine rings is 3. The van der Waals surface area contributed by atoms with E-state index in [0.717, 1.165) is 31.5 Å². The normalized spacial score (nSPS) is 36.3. The summed E-state index contributed by atoms with van der Waals surface area (Å²) in [7, 11) is 1.92. The molecule has 0 aliphatic carbocycles. The third-order valence-electron chi connectivity index (χ3n) is 5.06. The van der Waals surface area contributed by atoms with Gasteiger partial charge in [0, 0.05) is 65.4 Å². The van der Waals surface area contributed by atoms with E-state index in [-0.39, 0.29) is 24.0 Å². The van der Waals surface area contributed by atoms with E-state index in [2.05, 4.69) is 31.9 Å². The predicted octanol–water partition coefficient (Wildman–Crippen LogP) is 0.912. The molecule has 4 heterocycles.